The molecule has 0 spiro atoms. The molecule has 1 amide bonds. The fraction of sp³-hybridized carbons (Fsp3) is 0.929. The molecular formula is C14H27ClN2O. The Morgan fingerprint density at radius 3 is 2.17 bits per heavy atom. The van der Waals surface area contributed by atoms with Gasteiger partial charge in [-0.3, -0.25) is 4.79 Å². The van der Waals surface area contributed by atoms with Gasteiger partial charge in [0.2, 0.25) is 5.91 Å². The van der Waals surface area contributed by atoms with E-state index >= 15 is 0 Å². The number of likely N-dealkylation sites (tertiary alicyclic amines) is 1. The van der Waals surface area contributed by atoms with E-state index in [1.165, 1.54) is 44.9 Å². The minimum absolute atomic E-state index is 0. The van der Waals surface area contributed by atoms with Crippen molar-refractivity contribution in [3.63, 3.8) is 0 Å². The summed E-state index contributed by atoms with van der Waals surface area (Å²) in [5.74, 6) is 1.05. The SMILES string of the molecule is Cl.O=C(CC1CCNCC1)N1CCCCCCC1. The van der Waals surface area contributed by atoms with Crippen molar-refractivity contribution in [2.24, 2.45) is 5.92 Å². The topological polar surface area (TPSA) is 32.3 Å². The first-order valence-electron chi connectivity index (χ1n) is 7.35. The van der Waals surface area contributed by atoms with E-state index in [-0.39, 0.29) is 12.4 Å². The number of carbonyl (C=O) groups is 1. The third-order valence-electron chi connectivity index (χ3n) is 4.13. The normalized spacial score (nSPS) is 22.8. The Morgan fingerprint density at radius 2 is 1.56 bits per heavy atom. The van der Waals surface area contributed by atoms with Crippen molar-refractivity contribution in [2.45, 2.75) is 51.4 Å². The van der Waals surface area contributed by atoms with Crippen molar-refractivity contribution in [2.75, 3.05) is 26.2 Å². The van der Waals surface area contributed by atoms with Gasteiger partial charge in [0.25, 0.3) is 0 Å². The van der Waals surface area contributed by atoms with Crippen LogP contribution in [0, 0.1) is 5.92 Å². The lowest BCUT2D eigenvalue weighted by Crippen LogP contribution is -2.37. The summed E-state index contributed by atoms with van der Waals surface area (Å²) >= 11 is 0. The summed E-state index contributed by atoms with van der Waals surface area (Å²) in [6.07, 6.45) is 9.53. The van der Waals surface area contributed by atoms with E-state index < -0.39 is 0 Å². The summed E-state index contributed by atoms with van der Waals surface area (Å²) in [7, 11) is 0. The maximum Gasteiger partial charge on any atom is 0.222 e. The molecule has 0 aliphatic carbocycles. The molecule has 2 aliphatic rings. The van der Waals surface area contributed by atoms with Crippen LogP contribution in [0.4, 0.5) is 0 Å². The van der Waals surface area contributed by atoms with E-state index in [1.54, 1.807) is 0 Å². The predicted octanol–water partition coefficient (Wildman–Crippen LogP) is 2.59. The first kappa shape index (κ1) is 15.8. The zero-order chi connectivity index (χ0) is 11.9. The molecule has 0 atom stereocenters. The second-order valence-electron chi connectivity index (χ2n) is 5.55. The van der Waals surface area contributed by atoms with Crippen LogP contribution < -0.4 is 5.32 Å². The van der Waals surface area contributed by atoms with Gasteiger partial charge < -0.3 is 10.2 Å². The number of piperidine rings is 1. The van der Waals surface area contributed by atoms with Gasteiger partial charge in [0, 0.05) is 19.5 Å². The van der Waals surface area contributed by atoms with Crippen LogP contribution in [0.15, 0.2) is 0 Å². The lowest BCUT2D eigenvalue weighted by molar-refractivity contribution is -0.132. The number of nitrogens with zero attached hydrogens (tertiary/aromatic N) is 1. The van der Waals surface area contributed by atoms with Crippen molar-refractivity contribution >= 4 is 18.3 Å². The fourth-order valence-corrected chi connectivity index (χ4v) is 2.96. The van der Waals surface area contributed by atoms with Gasteiger partial charge in [-0.05, 0) is 44.7 Å². The molecule has 4 heteroatoms. The van der Waals surface area contributed by atoms with Crippen LogP contribution in [-0.2, 0) is 4.79 Å². The molecule has 0 aromatic rings. The van der Waals surface area contributed by atoms with Crippen molar-refractivity contribution in [1.29, 1.82) is 0 Å². The lowest BCUT2D eigenvalue weighted by atomic mass is 9.94. The monoisotopic (exact) mass is 274 g/mol. The second-order valence-corrected chi connectivity index (χ2v) is 5.55. The summed E-state index contributed by atoms with van der Waals surface area (Å²) in [5.41, 5.74) is 0. The van der Waals surface area contributed by atoms with Gasteiger partial charge in [-0.25, -0.2) is 0 Å². The highest BCUT2D eigenvalue weighted by molar-refractivity contribution is 5.85. The summed E-state index contributed by atoms with van der Waals surface area (Å²) in [6, 6.07) is 0. The first-order chi connectivity index (χ1) is 8.36. The van der Waals surface area contributed by atoms with Gasteiger partial charge in [-0.15, -0.1) is 12.4 Å². The number of carbonyl (C=O) groups excluding carboxylic acids is 1. The van der Waals surface area contributed by atoms with Gasteiger partial charge in [0.15, 0.2) is 0 Å². The van der Waals surface area contributed by atoms with Crippen LogP contribution in [0.25, 0.3) is 0 Å². The average Bonchev–Trinajstić information content (AvgIpc) is 2.29. The maximum atomic E-state index is 12.2. The fourth-order valence-electron chi connectivity index (χ4n) is 2.96. The van der Waals surface area contributed by atoms with Crippen LogP contribution in [0.3, 0.4) is 0 Å². The molecule has 0 saturated carbocycles. The van der Waals surface area contributed by atoms with Crippen LogP contribution in [0.1, 0.15) is 51.4 Å². The molecule has 1 N–H and O–H groups in total. The molecular weight excluding hydrogens is 248 g/mol. The number of halogens is 1. The molecule has 2 fully saturated rings. The Morgan fingerprint density at radius 1 is 1.00 bits per heavy atom. The van der Waals surface area contributed by atoms with Crippen molar-refractivity contribution in [3.05, 3.63) is 0 Å². The van der Waals surface area contributed by atoms with Gasteiger partial charge in [-0.2, -0.15) is 0 Å². The van der Waals surface area contributed by atoms with E-state index in [0.29, 0.717) is 11.8 Å². The molecule has 2 rings (SSSR count). The quantitative estimate of drug-likeness (QED) is 0.839. The molecule has 18 heavy (non-hydrogen) atoms. The van der Waals surface area contributed by atoms with E-state index in [2.05, 4.69) is 10.2 Å². The third kappa shape index (κ3) is 5.15. The number of rotatable bonds is 2. The van der Waals surface area contributed by atoms with Crippen LogP contribution >= 0.6 is 12.4 Å². The molecule has 2 saturated heterocycles. The summed E-state index contributed by atoms with van der Waals surface area (Å²) < 4.78 is 0. The molecule has 0 aromatic heterocycles. The molecule has 2 heterocycles. The van der Waals surface area contributed by atoms with Crippen molar-refractivity contribution in [1.82, 2.24) is 10.2 Å². The molecule has 2 aliphatic heterocycles. The van der Waals surface area contributed by atoms with Gasteiger partial charge in [-0.1, -0.05) is 19.3 Å². The second kappa shape index (κ2) is 8.76. The van der Waals surface area contributed by atoms with Gasteiger partial charge >= 0.3 is 0 Å². The highest BCUT2D eigenvalue weighted by Crippen LogP contribution is 2.18. The molecule has 3 nitrogen and oxygen atoms in total. The number of amides is 1. The molecule has 0 bridgehead atoms. The van der Waals surface area contributed by atoms with Crippen LogP contribution in [0.2, 0.25) is 0 Å². The Balaban J connectivity index is 0.00000162. The Labute approximate surface area is 117 Å². The molecule has 0 radical (unpaired) electrons. The maximum absolute atomic E-state index is 12.2. The lowest BCUT2D eigenvalue weighted by Gasteiger charge is -2.28. The smallest absolute Gasteiger partial charge is 0.222 e. The molecule has 0 unspecified atom stereocenters. The average molecular weight is 275 g/mol. The van der Waals surface area contributed by atoms with Crippen LogP contribution in [-0.4, -0.2) is 37.0 Å². The number of nitrogens with one attached hydrogen (secondary N) is 1. The standard InChI is InChI=1S/C14H26N2O.ClH/c17-14(12-13-6-8-15-9-7-13)16-10-4-2-1-3-5-11-16;/h13,15H,1-12H2;1H. The zero-order valence-electron chi connectivity index (χ0n) is 11.3. The summed E-state index contributed by atoms with van der Waals surface area (Å²) in [5, 5.41) is 3.36. The van der Waals surface area contributed by atoms with Crippen molar-refractivity contribution < 1.29 is 4.79 Å². The van der Waals surface area contributed by atoms with E-state index in [9.17, 15) is 4.79 Å². The van der Waals surface area contributed by atoms with Gasteiger partial charge in [0.1, 0.15) is 0 Å². The predicted molar refractivity (Wildman–Crippen MR) is 77.1 cm³/mol. The zero-order valence-corrected chi connectivity index (χ0v) is 12.1. The highest BCUT2D eigenvalue weighted by atomic mass is 35.5. The van der Waals surface area contributed by atoms with E-state index in [0.717, 1.165) is 32.6 Å². The Kier molecular flexibility index (Phi) is 7.68. The van der Waals surface area contributed by atoms with E-state index in [1.807, 2.05) is 0 Å². The van der Waals surface area contributed by atoms with E-state index in [4.69, 9.17) is 0 Å². The summed E-state index contributed by atoms with van der Waals surface area (Å²) in [4.78, 5) is 14.4. The Hall–Kier alpha value is -0.280. The minimum Gasteiger partial charge on any atom is -0.343 e. The number of hydrogen-bond donors (Lipinski definition) is 1. The Bertz CT molecular complexity index is 234. The molecule has 0 aromatic carbocycles. The van der Waals surface area contributed by atoms with Crippen LogP contribution in [0.5, 0.6) is 0 Å². The van der Waals surface area contributed by atoms with Gasteiger partial charge in [0.05, 0.1) is 0 Å². The minimum atomic E-state index is 0. The largest absolute Gasteiger partial charge is 0.343 e. The highest BCUT2D eigenvalue weighted by Gasteiger charge is 2.21. The van der Waals surface area contributed by atoms with Crippen molar-refractivity contribution in [3.8, 4) is 0 Å². The first-order valence-corrected chi connectivity index (χ1v) is 7.35. The number of hydrogen-bond acceptors (Lipinski definition) is 2. The third-order valence-corrected chi connectivity index (χ3v) is 4.13. The summed E-state index contributed by atoms with van der Waals surface area (Å²) in [6.45, 7) is 4.20. The molecule has 106 valence electrons.